The molecule has 45 valence electrons. The van der Waals surface area contributed by atoms with Gasteiger partial charge in [-0.1, -0.05) is 12.1 Å². The highest BCUT2D eigenvalue weighted by Gasteiger charge is 2.11. The van der Waals surface area contributed by atoms with Gasteiger partial charge in [0.05, 0.1) is 0 Å². The molecular weight excluding hydrogens is 116 g/mol. The van der Waals surface area contributed by atoms with Gasteiger partial charge in [0.2, 0.25) is 9.04 Å². The third-order valence-electron chi connectivity index (χ3n) is 1.33. The maximum Gasteiger partial charge on any atom is 0.238 e. The Morgan fingerprint density at radius 3 is 2.75 bits per heavy atom. The first kappa shape index (κ1) is 6.04. The molecule has 1 fully saturated rings. The lowest BCUT2D eigenvalue weighted by Gasteiger charge is -2.15. The third-order valence-corrected chi connectivity index (χ3v) is 3.21. The van der Waals surface area contributed by atoms with E-state index in [0.29, 0.717) is 0 Å². The molecule has 1 heterocycles. The molecule has 0 atom stereocenters. The van der Waals surface area contributed by atoms with Gasteiger partial charge in [-0.15, -0.1) is 6.58 Å². The van der Waals surface area contributed by atoms with Gasteiger partial charge in [-0.3, -0.25) is 0 Å². The minimum absolute atomic E-state index is 0.524. The summed E-state index contributed by atoms with van der Waals surface area (Å²) in [5, 5.41) is 0. The van der Waals surface area contributed by atoms with E-state index in [0.717, 1.165) is 6.61 Å². The van der Waals surface area contributed by atoms with Crippen LogP contribution in [0.25, 0.3) is 0 Å². The lowest BCUT2D eigenvalue weighted by atomic mass is 10.4. The number of hydrogen-bond donors (Lipinski definition) is 0. The van der Waals surface area contributed by atoms with E-state index in [2.05, 4.69) is 6.58 Å². The summed E-state index contributed by atoms with van der Waals surface area (Å²) in [5.74, 6) is 0. The second-order valence-corrected chi connectivity index (χ2v) is 4.11. The maximum absolute atomic E-state index is 5.41. The Hall–Kier alpha value is -0.0831. The van der Waals surface area contributed by atoms with Gasteiger partial charge < -0.3 is 4.43 Å². The van der Waals surface area contributed by atoms with E-state index in [9.17, 15) is 0 Å². The molecule has 0 unspecified atom stereocenters. The fourth-order valence-electron chi connectivity index (χ4n) is 0.838. The van der Waals surface area contributed by atoms with E-state index < -0.39 is 9.04 Å². The van der Waals surface area contributed by atoms with E-state index in [1.807, 2.05) is 5.70 Å². The highest BCUT2D eigenvalue weighted by Crippen LogP contribution is 2.10. The first-order valence-corrected chi connectivity index (χ1v) is 4.74. The highest BCUT2D eigenvalue weighted by molar-refractivity contribution is 6.57. The van der Waals surface area contributed by atoms with Gasteiger partial charge >= 0.3 is 0 Å². The van der Waals surface area contributed by atoms with Crippen LogP contribution in [-0.4, -0.2) is 15.6 Å². The summed E-state index contributed by atoms with van der Waals surface area (Å²) in [6.45, 7) is 4.68. The predicted molar refractivity (Wildman–Crippen MR) is 35.9 cm³/mol. The van der Waals surface area contributed by atoms with Crippen molar-refractivity contribution >= 4 is 9.04 Å². The Kier molecular flexibility index (Phi) is 2.30. The van der Waals surface area contributed by atoms with Gasteiger partial charge in [-0.05, 0) is 12.5 Å². The van der Waals surface area contributed by atoms with Crippen molar-refractivity contribution in [3.8, 4) is 0 Å². The molecule has 0 aromatic heterocycles. The van der Waals surface area contributed by atoms with Crippen LogP contribution >= 0.6 is 0 Å². The van der Waals surface area contributed by atoms with Crippen molar-refractivity contribution in [2.24, 2.45) is 0 Å². The van der Waals surface area contributed by atoms with Crippen LogP contribution in [0.3, 0.4) is 0 Å². The molecule has 1 aliphatic rings. The lowest BCUT2D eigenvalue weighted by molar-refractivity contribution is 0.294. The van der Waals surface area contributed by atoms with E-state index in [1.54, 1.807) is 0 Å². The van der Waals surface area contributed by atoms with Crippen LogP contribution in [0.15, 0.2) is 12.3 Å². The summed E-state index contributed by atoms with van der Waals surface area (Å²) < 4.78 is 5.41. The molecule has 0 N–H and O–H groups in total. The van der Waals surface area contributed by atoms with Gasteiger partial charge in [0, 0.05) is 6.61 Å². The summed E-state index contributed by atoms with van der Waals surface area (Å²) >= 11 is 0. The molecule has 2 heteroatoms. The van der Waals surface area contributed by atoms with E-state index in [1.165, 1.54) is 18.9 Å². The first-order valence-electron chi connectivity index (χ1n) is 3.04. The summed E-state index contributed by atoms with van der Waals surface area (Å²) in [6.07, 6.45) is 2.60. The Morgan fingerprint density at radius 2 is 2.38 bits per heavy atom. The first-order chi connectivity index (χ1) is 3.93. The van der Waals surface area contributed by atoms with Gasteiger partial charge in [-0.2, -0.15) is 0 Å². The van der Waals surface area contributed by atoms with Gasteiger partial charge in [0.15, 0.2) is 0 Å². The molecular formula is C6H11OSi. The van der Waals surface area contributed by atoms with Crippen LogP contribution in [0.4, 0.5) is 0 Å². The Bertz CT molecular complexity index is 76.6. The Morgan fingerprint density at radius 1 is 1.50 bits per heavy atom. The van der Waals surface area contributed by atoms with Crippen LogP contribution in [0.1, 0.15) is 12.8 Å². The van der Waals surface area contributed by atoms with Crippen molar-refractivity contribution in [3.63, 3.8) is 0 Å². The Balaban J connectivity index is 2.22. The molecule has 0 saturated carbocycles. The SMILES string of the molecule is C=C[Si]1CCCCO1. The van der Waals surface area contributed by atoms with Crippen LogP contribution in [0.5, 0.6) is 0 Å². The van der Waals surface area contributed by atoms with Crippen molar-refractivity contribution in [1.29, 1.82) is 0 Å². The smallest absolute Gasteiger partial charge is 0.238 e. The van der Waals surface area contributed by atoms with E-state index in [4.69, 9.17) is 4.43 Å². The molecule has 0 bridgehead atoms. The van der Waals surface area contributed by atoms with Crippen molar-refractivity contribution in [2.45, 2.75) is 18.9 Å². The van der Waals surface area contributed by atoms with Crippen LogP contribution in [0, 0.1) is 0 Å². The van der Waals surface area contributed by atoms with Gasteiger partial charge in [-0.25, -0.2) is 0 Å². The zero-order valence-electron chi connectivity index (χ0n) is 5.02. The zero-order chi connectivity index (χ0) is 5.82. The number of rotatable bonds is 1. The maximum atomic E-state index is 5.41. The van der Waals surface area contributed by atoms with Crippen molar-refractivity contribution < 1.29 is 4.43 Å². The molecule has 0 amide bonds. The average Bonchev–Trinajstić information content (AvgIpc) is 1.90. The highest BCUT2D eigenvalue weighted by atomic mass is 28.3. The quantitative estimate of drug-likeness (QED) is 0.485. The normalized spacial score (nSPS) is 23.0. The van der Waals surface area contributed by atoms with Crippen molar-refractivity contribution in [1.82, 2.24) is 0 Å². The summed E-state index contributed by atoms with van der Waals surface area (Å²) in [7, 11) is -0.524. The van der Waals surface area contributed by atoms with E-state index >= 15 is 0 Å². The second kappa shape index (κ2) is 3.05. The Labute approximate surface area is 52.1 Å². The van der Waals surface area contributed by atoms with Gasteiger partial charge in [0.25, 0.3) is 0 Å². The molecule has 1 saturated heterocycles. The molecule has 0 aliphatic carbocycles. The van der Waals surface area contributed by atoms with Crippen molar-refractivity contribution in [2.75, 3.05) is 6.61 Å². The monoisotopic (exact) mass is 127 g/mol. The standard InChI is InChI=1S/C6H11OSi/c1-2-8-6-4-3-5-7-8/h2H,1,3-6H2. The topological polar surface area (TPSA) is 9.23 Å². The molecule has 0 spiro atoms. The number of hydrogen-bond acceptors (Lipinski definition) is 1. The van der Waals surface area contributed by atoms with Crippen LogP contribution < -0.4 is 0 Å². The predicted octanol–water partition coefficient (Wildman–Crippen LogP) is 1.51. The van der Waals surface area contributed by atoms with Crippen molar-refractivity contribution in [3.05, 3.63) is 12.3 Å². The summed E-state index contributed by atoms with van der Waals surface area (Å²) in [5.41, 5.74) is 1.99. The molecule has 8 heavy (non-hydrogen) atoms. The largest absolute Gasteiger partial charge is 0.412 e. The minimum atomic E-state index is -0.524. The molecule has 1 radical (unpaired) electrons. The third kappa shape index (κ3) is 1.45. The molecule has 1 rings (SSSR count). The zero-order valence-corrected chi connectivity index (χ0v) is 6.02. The summed E-state index contributed by atoms with van der Waals surface area (Å²) in [4.78, 5) is 0. The fourth-order valence-corrected chi connectivity index (χ4v) is 2.31. The lowest BCUT2D eigenvalue weighted by Crippen LogP contribution is -2.20. The summed E-state index contributed by atoms with van der Waals surface area (Å²) in [6, 6.07) is 1.27. The fraction of sp³-hybridized carbons (Fsp3) is 0.667. The second-order valence-electron chi connectivity index (χ2n) is 1.98. The molecule has 0 aromatic rings. The molecule has 1 nitrogen and oxygen atoms in total. The average molecular weight is 127 g/mol. The molecule has 0 aromatic carbocycles. The molecule has 1 aliphatic heterocycles. The van der Waals surface area contributed by atoms with Gasteiger partial charge in [0.1, 0.15) is 0 Å². The minimum Gasteiger partial charge on any atom is -0.412 e. The van der Waals surface area contributed by atoms with Crippen LogP contribution in [-0.2, 0) is 4.43 Å². The van der Waals surface area contributed by atoms with E-state index in [-0.39, 0.29) is 0 Å². The van der Waals surface area contributed by atoms with Crippen LogP contribution in [0.2, 0.25) is 6.04 Å².